The normalized spacial score (nSPS) is 10.9. The molecule has 0 aliphatic heterocycles. The van der Waals surface area contributed by atoms with Gasteiger partial charge >= 0.3 is 6.03 Å². The fourth-order valence-corrected chi connectivity index (χ4v) is 3.71. The van der Waals surface area contributed by atoms with Crippen LogP contribution in [0, 0.1) is 0 Å². The third-order valence-corrected chi connectivity index (χ3v) is 5.35. The number of rotatable bonds is 6. The number of anilines is 2. The summed E-state index contributed by atoms with van der Waals surface area (Å²) < 4.78 is 2.27. The first-order valence-corrected chi connectivity index (χ1v) is 10.4. The summed E-state index contributed by atoms with van der Waals surface area (Å²) in [4.78, 5) is 17.0. The van der Waals surface area contributed by atoms with Crippen LogP contribution in [-0.2, 0) is 19.4 Å². The number of hydrogen-bond donors (Lipinski definition) is 2. The number of hydrogen-bond acceptors (Lipinski definition) is 2. The molecule has 1 heterocycles. The van der Waals surface area contributed by atoms with Gasteiger partial charge in [-0.2, -0.15) is 0 Å². The highest BCUT2D eigenvalue weighted by atomic mass is 35.5. The minimum atomic E-state index is -0.326. The molecule has 5 nitrogen and oxygen atoms in total. The van der Waals surface area contributed by atoms with E-state index in [4.69, 9.17) is 16.6 Å². The van der Waals surface area contributed by atoms with E-state index in [0.29, 0.717) is 10.7 Å². The predicted octanol–water partition coefficient (Wildman–Crippen LogP) is 6.14. The van der Waals surface area contributed by atoms with E-state index in [1.165, 1.54) is 11.1 Å². The van der Waals surface area contributed by atoms with Crippen molar-refractivity contribution in [3.63, 3.8) is 0 Å². The number of fused-ring (bicyclic) bond motifs is 1. The van der Waals surface area contributed by atoms with Crippen molar-refractivity contribution in [3.8, 4) is 0 Å². The van der Waals surface area contributed by atoms with Crippen molar-refractivity contribution in [2.75, 3.05) is 10.6 Å². The minimum Gasteiger partial charge on any atom is -0.328 e. The van der Waals surface area contributed by atoms with Crippen LogP contribution in [0.1, 0.15) is 18.3 Å². The van der Waals surface area contributed by atoms with Crippen LogP contribution in [-0.4, -0.2) is 15.6 Å². The Bertz CT molecular complexity index is 1170. The molecule has 0 atom stereocenters. The van der Waals surface area contributed by atoms with Gasteiger partial charge in [-0.05, 0) is 55.3 Å². The van der Waals surface area contributed by atoms with Gasteiger partial charge in [0.15, 0.2) is 0 Å². The second kappa shape index (κ2) is 9.01. The quantitative estimate of drug-likeness (QED) is 0.395. The zero-order valence-corrected chi connectivity index (χ0v) is 17.5. The molecule has 0 spiro atoms. The number of para-hydroxylation sites is 3. The number of aromatic nitrogens is 2. The first-order valence-electron chi connectivity index (χ1n) is 9.99. The zero-order valence-electron chi connectivity index (χ0n) is 16.7. The molecule has 1 aromatic heterocycles. The summed E-state index contributed by atoms with van der Waals surface area (Å²) in [5, 5.41) is 6.08. The summed E-state index contributed by atoms with van der Waals surface area (Å²) >= 11 is 6.08. The molecule has 0 fully saturated rings. The van der Waals surface area contributed by atoms with E-state index < -0.39 is 0 Å². The summed E-state index contributed by atoms with van der Waals surface area (Å²) in [7, 11) is 0. The lowest BCUT2D eigenvalue weighted by atomic mass is 10.1. The molecular formula is C24H23ClN4O. The molecule has 0 saturated heterocycles. The van der Waals surface area contributed by atoms with Crippen molar-refractivity contribution in [1.29, 1.82) is 0 Å². The van der Waals surface area contributed by atoms with E-state index in [1.807, 2.05) is 48.5 Å². The average molecular weight is 419 g/mol. The van der Waals surface area contributed by atoms with Gasteiger partial charge in [0.2, 0.25) is 0 Å². The van der Waals surface area contributed by atoms with Crippen LogP contribution in [0.15, 0.2) is 72.8 Å². The molecule has 0 saturated carbocycles. The Labute approximate surface area is 180 Å². The molecule has 2 amide bonds. The van der Waals surface area contributed by atoms with Crippen molar-refractivity contribution >= 4 is 40.0 Å². The Kier molecular flexibility index (Phi) is 6.00. The predicted molar refractivity (Wildman–Crippen MR) is 123 cm³/mol. The SMILES string of the molecule is CCn1c(CCc2ccc(NC(=O)Nc3ccccc3Cl)cc2)nc2ccccc21. The Morgan fingerprint density at radius 1 is 0.933 bits per heavy atom. The second-order valence-electron chi connectivity index (χ2n) is 7.02. The van der Waals surface area contributed by atoms with Crippen LogP contribution in [0.4, 0.5) is 16.2 Å². The Balaban J connectivity index is 1.37. The molecule has 152 valence electrons. The molecule has 2 N–H and O–H groups in total. The zero-order chi connectivity index (χ0) is 20.9. The molecule has 4 rings (SSSR count). The highest BCUT2D eigenvalue weighted by molar-refractivity contribution is 6.33. The molecule has 0 unspecified atom stereocenters. The number of amides is 2. The molecule has 0 aliphatic rings. The number of aryl methyl sites for hydroxylation is 3. The van der Waals surface area contributed by atoms with Crippen molar-refractivity contribution in [2.24, 2.45) is 0 Å². The molecule has 6 heteroatoms. The average Bonchev–Trinajstić information content (AvgIpc) is 3.12. The molecule has 0 radical (unpaired) electrons. The summed E-state index contributed by atoms with van der Waals surface area (Å²) in [6.07, 6.45) is 1.75. The second-order valence-corrected chi connectivity index (χ2v) is 7.42. The van der Waals surface area contributed by atoms with Crippen molar-refractivity contribution < 1.29 is 4.79 Å². The van der Waals surface area contributed by atoms with Crippen molar-refractivity contribution in [3.05, 3.63) is 89.2 Å². The highest BCUT2D eigenvalue weighted by Crippen LogP contribution is 2.21. The lowest BCUT2D eigenvalue weighted by Gasteiger charge is -2.10. The highest BCUT2D eigenvalue weighted by Gasteiger charge is 2.09. The lowest BCUT2D eigenvalue weighted by molar-refractivity contribution is 0.262. The van der Waals surface area contributed by atoms with Gasteiger partial charge in [0.1, 0.15) is 5.82 Å². The maximum absolute atomic E-state index is 12.2. The van der Waals surface area contributed by atoms with Crippen LogP contribution in [0.3, 0.4) is 0 Å². The number of nitrogens with one attached hydrogen (secondary N) is 2. The van der Waals surface area contributed by atoms with Crippen molar-refractivity contribution in [1.82, 2.24) is 9.55 Å². The van der Waals surface area contributed by atoms with E-state index in [1.54, 1.807) is 12.1 Å². The maximum Gasteiger partial charge on any atom is 0.323 e. The summed E-state index contributed by atoms with van der Waals surface area (Å²) in [6, 6.07) is 22.9. The molecule has 0 bridgehead atoms. The van der Waals surface area contributed by atoms with E-state index in [0.717, 1.165) is 36.4 Å². The number of urea groups is 1. The van der Waals surface area contributed by atoms with Gasteiger partial charge in [-0.3, -0.25) is 0 Å². The van der Waals surface area contributed by atoms with Gasteiger partial charge < -0.3 is 15.2 Å². The van der Waals surface area contributed by atoms with Crippen LogP contribution in [0.25, 0.3) is 11.0 Å². The van der Waals surface area contributed by atoms with Gasteiger partial charge in [-0.25, -0.2) is 9.78 Å². The van der Waals surface area contributed by atoms with Gasteiger partial charge in [-0.15, -0.1) is 0 Å². The standard InChI is InChI=1S/C24H23ClN4O/c1-2-29-22-10-6-5-9-21(22)27-23(29)16-13-17-11-14-18(15-12-17)26-24(30)28-20-8-4-3-7-19(20)25/h3-12,14-15H,2,13,16H2,1H3,(H2,26,28,30). The Morgan fingerprint density at radius 2 is 1.67 bits per heavy atom. The van der Waals surface area contributed by atoms with Gasteiger partial charge in [0.05, 0.1) is 21.7 Å². The number of carbonyl (C=O) groups excluding carboxylic acids is 1. The first kappa shape index (κ1) is 20.0. The van der Waals surface area contributed by atoms with E-state index in [-0.39, 0.29) is 6.03 Å². The van der Waals surface area contributed by atoms with E-state index >= 15 is 0 Å². The summed E-state index contributed by atoms with van der Waals surface area (Å²) in [5.74, 6) is 1.10. The van der Waals surface area contributed by atoms with E-state index in [9.17, 15) is 4.79 Å². The maximum atomic E-state index is 12.2. The van der Waals surface area contributed by atoms with Crippen LogP contribution in [0.2, 0.25) is 5.02 Å². The fraction of sp³-hybridized carbons (Fsp3) is 0.167. The number of halogens is 1. The monoisotopic (exact) mass is 418 g/mol. The van der Waals surface area contributed by atoms with Gasteiger partial charge in [0.25, 0.3) is 0 Å². The third-order valence-electron chi connectivity index (χ3n) is 5.02. The first-order chi connectivity index (χ1) is 14.6. The van der Waals surface area contributed by atoms with Crippen LogP contribution < -0.4 is 10.6 Å². The van der Waals surface area contributed by atoms with Crippen molar-refractivity contribution in [2.45, 2.75) is 26.3 Å². The summed E-state index contributed by atoms with van der Waals surface area (Å²) in [5.41, 5.74) is 4.72. The molecule has 0 aliphatic carbocycles. The van der Waals surface area contributed by atoms with Crippen LogP contribution in [0.5, 0.6) is 0 Å². The van der Waals surface area contributed by atoms with E-state index in [2.05, 4.69) is 34.3 Å². The summed E-state index contributed by atoms with van der Waals surface area (Å²) in [6.45, 7) is 3.05. The van der Waals surface area contributed by atoms with Crippen LogP contribution >= 0.6 is 11.6 Å². The Hall–Kier alpha value is -3.31. The largest absolute Gasteiger partial charge is 0.328 e. The fourth-order valence-electron chi connectivity index (χ4n) is 3.53. The third kappa shape index (κ3) is 4.47. The minimum absolute atomic E-state index is 0.326. The number of benzene rings is 3. The lowest BCUT2D eigenvalue weighted by Crippen LogP contribution is -2.19. The molecule has 3 aromatic carbocycles. The Morgan fingerprint density at radius 3 is 2.43 bits per heavy atom. The number of nitrogens with zero attached hydrogens (tertiary/aromatic N) is 2. The molecular weight excluding hydrogens is 396 g/mol. The topological polar surface area (TPSA) is 59.0 Å². The molecule has 4 aromatic rings. The number of carbonyl (C=O) groups is 1. The molecule has 30 heavy (non-hydrogen) atoms. The van der Waals surface area contributed by atoms with Gasteiger partial charge in [0, 0.05) is 18.7 Å². The number of imidazole rings is 1. The van der Waals surface area contributed by atoms with Gasteiger partial charge in [-0.1, -0.05) is 48.0 Å². The smallest absolute Gasteiger partial charge is 0.323 e.